The molecule has 10 heteroatoms. The summed E-state index contributed by atoms with van der Waals surface area (Å²) in [5.74, 6) is -3.35. The van der Waals surface area contributed by atoms with E-state index in [1.54, 1.807) is 27.7 Å². The third-order valence-corrected chi connectivity index (χ3v) is 6.37. The molecule has 0 fully saturated rings. The minimum absolute atomic E-state index is 0.00920. The van der Waals surface area contributed by atoms with Gasteiger partial charge in [-0.05, 0) is 48.8 Å². The van der Waals surface area contributed by atoms with Crippen molar-refractivity contribution in [2.45, 2.75) is 94.3 Å². The number of benzene rings is 1. The molecule has 1 aromatic rings. The van der Waals surface area contributed by atoms with E-state index in [2.05, 4.69) is 5.32 Å². The van der Waals surface area contributed by atoms with Crippen LogP contribution in [0, 0.1) is 29.1 Å². The van der Waals surface area contributed by atoms with Gasteiger partial charge in [0.15, 0.2) is 11.5 Å². The highest BCUT2D eigenvalue weighted by Crippen LogP contribution is 2.33. The van der Waals surface area contributed by atoms with Crippen molar-refractivity contribution in [1.82, 2.24) is 5.32 Å². The summed E-state index contributed by atoms with van der Waals surface area (Å²) in [7, 11) is 0. The Hall–Kier alpha value is -3.14. The van der Waals surface area contributed by atoms with Crippen molar-refractivity contribution in [2.75, 3.05) is 6.61 Å². The van der Waals surface area contributed by atoms with Gasteiger partial charge in [0.2, 0.25) is 0 Å². The van der Waals surface area contributed by atoms with Crippen LogP contribution in [-0.2, 0) is 30.3 Å². The quantitative estimate of drug-likeness (QED) is 0.176. The molecule has 0 aliphatic carbocycles. The SMILES string of the molecule is CC(C)N[C@@](Cc1ccc(OC(=O)C(C)C(C)C)c(OC(=O)C(C)C(C)C)c1)(OC(=O)OCC(C)(C)C)C(=O)O. The molecule has 0 radical (unpaired) electrons. The van der Waals surface area contributed by atoms with Gasteiger partial charge in [0, 0.05) is 12.5 Å². The number of carboxylic acids is 1. The Morgan fingerprint density at radius 2 is 1.32 bits per heavy atom. The highest BCUT2D eigenvalue weighted by atomic mass is 16.7. The first kappa shape index (κ1) is 34.9. The van der Waals surface area contributed by atoms with Crippen LogP contribution in [0.3, 0.4) is 0 Å². The van der Waals surface area contributed by atoms with Crippen LogP contribution in [0.2, 0.25) is 0 Å². The van der Waals surface area contributed by atoms with Crippen LogP contribution in [0.25, 0.3) is 0 Å². The van der Waals surface area contributed by atoms with Gasteiger partial charge in [-0.2, -0.15) is 0 Å². The fourth-order valence-electron chi connectivity index (χ4n) is 3.27. The van der Waals surface area contributed by atoms with E-state index in [1.807, 2.05) is 48.5 Å². The van der Waals surface area contributed by atoms with E-state index in [1.165, 1.54) is 18.2 Å². The number of aliphatic carboxylic acids is 1. The highest BCUT2D eigenvalue weighted by molar-refractivity contribution is 5.81. The van der Waals surface area contributed by atoms with Gasteiger partial charge in [-0.25, -0.2) is 9.59 Å². The summed E-state index contributed by atoms with van der Waals surface area (Å²) in [6.07, 6.45) is -1.48. The maximum Gasteiger partial charge on any atom is 0.510 e. The summed E-state index contributed by atoms with van der Waals surface area (Å²) in [5.41, 5.74) is -2.21. The minimum Gasteiger partial charge on any atom is -0.477 e. The summed E-state index contributed by atoms with van der Waals surface area (Å²) in [6.45, 7) is 20.0. The van der Waals surface area contributed by atoms with Crippen molar-refractivity contribution >= 4 is 24.1 Å². The lowest BCUT2D eigenvalue weighted by Gasteiger charge is -2.32. The first-order chi connectivity index (χ1) is 18.3. The van der Waals surface area contributed by atoms with Gasteiger partial charge in [-0.1, -0.05) is 68.4 Å². The molecule has 0 aliphatic heterocycles. The molecule has 0 spiro atoms. The summed E-state index contributed by atoms with van der Waals surface area (Å²) < 4.78 is 21.8. The zero-order valence-corrected chi connectivity index (χ0v) is 25.7. The third kappa shape index (κ3) is 10.8. The first-order valence-electron chi connectivity index (χ1n) is 13.7. The lowest BCUT2D eigenvalue weighted by Crippen LogP contribution is -2.59. The van der Waals surface area contributed by atoms with Crippen LogP contribution < -0.4 is 14.8 Å². The van der Waals surface area contributed by atoms with Crippen LogP contribution in [-0.4, -0.2) is 47.5 Å². The van der Waals surface area contributed by atoms with E-state index >= 15 is 0 Å². The average molecular weight is 566 g/mol. The van der Waals surface area contributed by atoms with Crippen LogP contribution in [0.1, 0.15) is 81.7 Å². The average Bonchev–Trinajstić information content (AvgIpc) is 2.81. The standard InChI is InChI=1S/C30H47NO9/c1-17(2)20(7)25(32)38-23-13-12-22(14-24(23)39-26(33)21(8)18(3)4)15-30(27(34)35,31-19(5)6)40-28(36)37-16-29(9,10)11/h12-14,17-21,31H,15-16H2,1-11H3,(H,34,35)/t20?,21?,30-/m0/s1. The fraction of sp³-hybridized carbons (Fsp3) is 0.667. The number of carboxylic acid groups (broad SMARTS) is 1. The van der Waals surface area contributed by atoms with E-state index < -0.39 is 47.7 Å². The van der Waals surface area contributed by atoms with E-state index in [-0.39, 0.29) is 41.8 Å². The molecule has 10 nitrogen and oxygen atoms in total. The van der Waals surface area contributed by atoms with Gasteiger partial charge in [-0.15, -0.1) is 0 Å². The molecular weight excluding hydrogens is 518 g/mol. The van der Waals surface area contributed by atoms with Gasteiger partial charge < -0.3 is 24.1 Å². The van der Waals surface area contributed by atoms with Crippen molar-refractivity contribution in [3.05, 3.63) is 23.8 Å². The Morgan fingerprint density at radius 3 is 1.75 bits per heavy atom. The third-order valence-electron chi connectivity index (χ3n) is 6.37. The maximum atomic E-state index is 12.8. The lowest BCUT2D eigenvalue weighted by atomic mass is 9.98. The summed E-state index contributed by atoms with van der Waals surface area (Å²) >= 11 is 0. The zero-order valence-electron chi connectivity index (χ0n) is 25.7. The number of hydrogen-bond donors (Lipinski definition) is 2. The number of esters is 2. The zero-order chi connectivity index (χ0) is 31.0. The summed E-state index contributed by atoms with van der Waals surface area (Å²) in [4.78, 5) is 50.6. The van der Waals surface area contributed by atoms with E-state index in [9.17, 15) is 24.3 Å². The number of ether oxygens (including phenoxy) is 4. The predicted octanol–water partition coefficient (Wildman–Crippen LogP) is 5.60. The van der Waals surface area contributed by atoms with Gasteiger partial charge in [-0.3, -0.25) is 14.9 Å². The molecule has 2 unspecified atom stereocenters. The summed E-state index contributed by atoms with van der Waals surface area (Å²) in [6, 6.07) is 3.98. The Morgan fingerprint density at radius 1 is 0.825 bits per heavy atom. The topological polar surface area (TPSA) is 137 Å². The Bertz CT molecular complexity index is 1040. The molecule has 0 saturated heterocycles. The monoisotopic (exact) mass is 565 g/mol. The fourth-order valence-corrected chi connectivity index (χ4v) is 3.27. The number of carbonyl (C=O) groups is 4. The molecule has 0 bridgehead atoms. The highest BCUT2D eigenvalue weighted by Gasteiger charge is 2.44. The second-order valence-corrected chi connectivity index (χ2v) is 12.5. The molecule has 0 aromatic heterocycles. The largest absolute Gasteiger partial charge is 0.510 e. The number of carbonyl (C=O) groups excluding carboxylic acids is 3. The van der Waals surface area contributed by atoms with E-state index in [0.29, 0.717) is 5.56 Å². The molecule has 0 heterocycles. The molecule has 0 amide bonds. The first-order valence-corrected chi connectivity index (χ1v) is 13.7. The number of rotatable bonds is 13. The van der Waals surface area contributed by atoms with Crippen molar-refractivity contribution in [3.8, 4) is 11.5 Å². The molecule has 0 saturated carbocycles. The molecule has 0 aliphatic rings. The second-order valence-electron chi connectivity index (χ2n) is 12.5. The van der Waals surface area contributed by atoms with Gasteiger partial charge in [0.25, 0.3) is 5.72 Å². The van der Waals surface area contributed by atoms with E-state index in [4.69, 9.17) is 18.9 Å². The normalized spacial score (nSPS) is 14.8. The van der Waals surface area contributed by atoms with Crippen LogP contribution >= 0.6 is 0 Å². The molecule has 3 atom stereocenters. The number of hydrogen-bond acceptors (Lipinski definition) is 9. The lowest BCUT2D eigenvalue weighted by molar-refractivity contribution is -0.167. The van der Waals surface area contributed by atoms with Gasteiger partial charge in [0.05, 0.1) is 18.4 Å². The predicted molar refractivity (Wildman–Crippen MR) is 150 cm³/mol. The van der Waals surface area contributed by atoms with Crippen LogP contribution in [0.5, 0.6) is 11.5 Å². The Labute approximate surface area is 238 Å². The summed E-state index contributed by atoms with van der Waals surface area (Å²) in [5, 5.41) is 13.0. The van der Waals surface area contributed by atoms with Crippen molar-refractivity contribution in [1.29, 1.82) is 0 Å². The second kappa shape index (κ2) is 14.5. The Kier molecular flexibility index (Phi) is 12.6. The molecular formula is C30H47NO9. The van der Waals surface area contributed by atoms with Crippen molar-refractivity contribution in [3.63, 3.8) is 0 Å². The Balaban J connectivity index is 3.49. The van der Waals surface area contributed by atoms with Crippen LogP contribution in [0.4, 0.5) is 4.79 Å². The number of nitrogens with one attached hydrogen (secondary N) is 1. The van der Waals surface area contributed by atoms with Gasteiger partial charge >= 0.3 is 24.1 Å². The molecule has 1 aromatic carbocycles. The van der Waals surface area contributed by atoms with E-state index in [0.717, 1.165) is 0 Å². The molecule has 226 valence electrons. The van der Waals surface area contributed by atoms with Crippen molar-refractivity contribution in [2.24, 2.45) is 29.1 Å². The maximum absolute atomic E-state index is 12.8. The molecule has 40 heavy (non-hydrogen) atoms. The van der Waals surface area contributed by atoms with Gasteiger partial charge in [0.1, 0.15) is 0 Å². The van der Waals surface area contributed by atoms with Crippen LogP contribution in [0.15, 0.2) is 18.2 Å². The molecule has 2 N–H and O–H groups in total. The van der Waals surface area contributed by atoms with Crippen molar-refractivity contribution < 1.29 is 43.2 Å². The minimum atomic E-state index is -2.19. The smallest absolute Gasteiger partial charge is 0.477 e. The molecule has 1 rings (SSSR count).